The number of aryl methyl sites for hydroxylation is 1. The van der Waals surface area contributed by atoms with Crippen molar-refractivity contribution >= 4 is 23.4 Å². The number of aromatic nitrogens is 1. The van der Waals surface area contributed by atoms with Gasteiger partial charge in [0.15, 0.2) is 0 Å². The lowest BCUT2D eigenvalue weighted by molar-refractivity contribution is 0.102. The summed E-state index contributed by atoms with van der Waals surface area (Å²) in [5.74, 6) is 1.30. The molecule has 0 unspecified atom stereocenters. The summed E-state index contributed by atoms with van der Waals surface area (Å²) in [5, 5.41) is 7.00. The van der Waals surface area contributed by atoms with Crippen molar-refractivity contribution in [2.75, 3.05) is 5.32 Å². The number of amides is 1. The zero-order valence-electron chi connectivity index (χ0n) is 16.0. The first kappa shape index (κ1) is 19.0. The van der Waals surface area contributed by atoms with Crippen LogP contribution >= 0.6 is 11.8 Å². The van der Waals surface area contributed by atoms with E-state index in [0.29, 0.717) is 11.3 Å². The van der Waals surface area contributed by atoms with Gasteiger partial charge in [-0.2, -0.15) is 0 Å². The molecule has 0 spiro atoms. The van der Waals surface area contributed by atoms with Crippen molar-refractivity contribution in [3.05, 3.63) is 102 Å². The van der Waals surface area contributed by atoms with Gasteiger partial charge in [0, 0.05) is 22.4 Å². The van der Waals surface area contributed by atoms with Crippen LogP contribution in [-0.2, 0) is 5.75 Å². The molecule has 0 aliphatic carbocycles. The van der Waals surface area contributed by atoms with Gasteiger partial charge in [0.1, 0.15) is 5.76 Å². The number of nitrogens with one attached hydrogen (secondary N) is 1. The van der Waals surface area contributed by atoms with E-state index in [0.717, 1.165) is 33.2 Å². The number of carbonyl (C=O) groups is 1. The number of nitrogens with zero attached hydrogens (tertiary/aromatic N) is 1. The van der Waals surface area contributed by atoms with E-state index in [1.54, 1.807) is 11.8 Å². The van der Waals surface area contributed by atoms with Crippen LogP contribution in [0.4, 0.5) is 5.69 Å². The number of benzene rings is 3. The minimum atomic E-state index is -0.128. The molecule has 4 nitrogen and oxygen atoms in total. The topological polar surface area (TPSA) is 55.1 Å². The molecular weight excluding hydrogens is 380 g/mol. The van der Waals surface area contributed by atoms with Gasteiger partial charge in [0.25, 0.3) is 5.91 Å². The Morgan fingerprint density at radius 2 is 1.62 bits per heavy atom. The van der Waals surface area contributed by atoms with Crippen molar-refractivity contribution in [2.24, 2.45) is 0 Å². The van der Waals surface area contributed by atoms with Crippen molar-refractivity contribution < 1.29 is 9.32 Å². The number of hydrogen-bond acceptors (Lipinski definition) is 4. The summed E-state index contributed by atoms with van der Waals surface area (Å²) in [6.45, 7) is 1.87. The second-order valence-corrected chi connectivity index (χ2v) is 7.63. The summed E-state index contributed by atoms with van der Waals surface area (Å²) in [6, 6.07) is 27.5. The first-order valence-electron chi connectivity index (χ1n) is 9.30. The van der Waals surface area contributed by atoms with E-state index in [1.807, 2.05) is 79.7 Å². The minimum Gasteiger partial charge on any atom is -0.361 e. The minimum absolute atomic E-state index is 0.128. The van der Waals surface area contributed by atoms with Crippen LogP contribution in [0.15, 0.2) is 94.3 Å². The number of rotatable bonds is 6. The Morgan fingerprint density at radius 3 is 2.34 bits per heavy atom. The Hall–Kier alpha value is -3.31. The van der Waals surface area contributed by atoms with Crippen LogP contribution in [0.3, 0.4) is 0 Å². The molecule has 0 saturated heterocycles. The molecule has 0 aliphatic rings. The third kappa shape index (κ3) is 4.76. The molecule has 4 aromatic rings. The van der Waals surface area contributed by atoms with Gasteiger partial charge in [-0.15, -0.1) is 11.8 Å². The summed E-state index contributed by atoms with van der Waals surface area (Å²) in [7, 11) is 0. The van der Waals surface area contributed by atoms with Gasteiger partial charge in [-0.1, -0.05) is 59.8 Å². The molecular formula is C24H20N2O2S. The first-order valence-corrected chi connectivity index (χ1v) is 10.3. The fourth-order valence-electron chi connectivity index (χ4n) is 2.99. The van der Waals surface area contributed by atoms with E-state index in [9.17, 15) is 4.79 Å². The normalized spacial score (nSPS) is 10.7. The predicted octanol–water partition coefficient (Wildman–Crippen LogP) is 6.19. The molecule has 144 valence electrons. The van der Waals surface area contributed by atoms with Crippen LogP contribution in [0, 0.1) is 6.92 Å². The predicted molar refractivity (Wildman–Crippen MR) is 117 cm³/mol. The lowest BCUT2D eigenvalue weighted by Crippen LogP contribution is -2.12. The molecule has 1 amide bonds. The highest BCUT2D eigenvalue weighted by Crippen LogP contribution is 2.27. The summed E-state index contributed by atoms with van der Waals surface area (Å²) in [5.41, 5.74) is 4.53. The van der Waals surface area contributed by atoms with Crippen LogP contribution in [-0.4, -0.2) is 11.1 Å². The van der Waals surface area contributed by atoms with Gasteiger partial charge in [0.2, 0.25) is 0 Å². The standard InChI is InChI=1S/C24H20N2O2S/c1-17-15-21(26-28-17)16-29-23-10-6-5-9-22(23)24(27)25-20-13-11-19(12-14-20)18-7-3-2-4-8-18/h2-15H,16H2,1H3,(H,25,27). The SMILES string of the molecule is Cc1cc(CSc2ccccc2C(=O)Nc2ccc(-c3ccccc3)cc2)no1. The quantitative estimate of drug-likeness (QED) is 0.392. The van der Waals surface area contributed by atoms with Crippen molar-refractivity contribution in [1.29, 1.82) is 0 Å². The van der Waals surface area contributed by atoms with Crippen molar-refractivity contribution in [2.45, 2.75) is 17.6 Å². The lowest BCUT2D eigenvalue weighted by Gasteiger charge is -2.10. The van der Waals surface area contributed by atoms with E-state index < -0.39 is 0 Å². The zero-order valence-corrected chi connectivity index (χ0v) is 16.8. The molecule has 5 heteroatoms. The zero-order chi connectivity index (χ0) is 20.1. The first-order chi connectivity index (χ1) is 14.2. The second kappa shape index (κ2) is 8.80. The van der Waals surface area contributed by atoms with Gasteiger partial charge in [-0.3, -0.25) is 4.79 Å². The van der Waals surface area contributed by atoms with Gasteiger partial charge in [0.05, 0.1) is 11.3 Å². The van der Waals surface area contributed by atoms with E-state index in [2.05, 4.69) is 22.6 Å². The summed E-state index contributed by atoms with van der Waals surface area (Å²) in [6.07, 6.45) is 0. The number of hydrogen-bond donors (Lipinski definition) is 1. The Labute approximate surface area is 173 Å². The fraction of sp³-hybridized carbons (Fsp3) is 0.0833. The van der Waals surface area contributed by atoms with Crippen molar-refractivity contribution in [3.8, 4) is 11.1 Å². The van der Waals surface area contributed by atoms with Crippen LogP contribution in [0.1, 0.15) is 21.8 Å². The summed E-state index contributed by atoms with van der Waals surface area (Å²) < 4.78 is 5.11. The third-order valence-corrected chi connectivity index (χ3v) is 5.54. The summed E-state index contributed by atoms with van der Waals surface area (Å²) >= 11 is 1.57. The number of carbonyl (C=O) groups excluding carboxylic acids is 1. The van der Waals surface area contributed by atoms with Crippen LogP contribution in [0.25, 0.3) is 11.1 Å². The van der Waals surface area contributed by atoms with Gasteiger partial charge in [-0.25, -0.2) is 0 Å². The Morgan fingerprint density at radius 1 is 0.931 bits per heavy atom. The molecule has 29 heavy (non-hydrogen) atoms. The Kier molecular flexibility index (Phi) is 5.77. The summed E-state index contributed by atoms with van der Waals surface area (Å²) in [4.78, 5) is 13.8. The second-order valence-electron chi connectivity index (χ2n) is 6.61. The molecule has 4 rings (SSSR count). The van der Waals surface area contributed by atoms with E-state index in [-0.39, 0.29) is 5.91 Å². The Balaban J connectivity index is 1.46. The molecule has 3 aromatic carbocycles. The molecule has 0 aliphatic heterocycles. The molecule has 0 radical (unpaired) electrons. The lowest BCUT2D eigenvalue weighted by atomic mass is 10.1. The fourth-order valence-corrected chi connectivity index (χ4v) is 3.92. The number of anilines is 1. The molecule has 0 saturated carbocycles. The monoisotopic (exact) mass is 400 g/mol. The molecule has 0 bridgehead atoms. The maximum Gasteiger partial charge on any atom is 0.256 e. The van der Waals surface area contributed by atoms with E-state index in [4.69, 9.17) is 4.52 Å². The van der Waals surface area contributed by atoms with Gasteiger partial charge >= 0.3 is 0 Å². The van der Waals surface area contributed by atoms with Crippen molar-refractivity contribution in [1.82, 2.24) is 5.16 Å². The van der Waals surface area contributed by atoms with E-state index >= 15 is 0 Å². The smallest absolute Gasteiger partial charge is 0.256 e. The van der Waals surface area contributed by atoms with Crippen LogP contribution in [0.2, 0.25) is 0 Å². The van der Waals surface area contributed by atoms with Crippen LogP contribution in [0.5, 0.6) is 0 Å². The highest BCUT2D eigenvalue weighted by Gasteiger charge is 2.13. The maximum absolute atomic E-state index is 12.8. The molecule has 0 fully saturated rings. The number of thioether (sulfide) groups is 1. The van der Waals surface area contributed by atoms with Crippen LogP contribution < -0.4 is 5.32 Å². The average Bonchev–Trinajstić information content (AvgIpc) is 3.19. The molecule has 0 atom stereocenters. The maximum atomic E-state index is 12.8. The average molecular weight is 401 g/mol. The molecule has 1 aromatic heterocycles. The van der Waals surface area contributed by atoms with E-state index in [1.165, 1.54) is 0 Å². The highest BCUT2D eigenvalue weighted by molar-refractivity contribution is 7.98. The molecule has 1 heterocycles. The largest absolute Gasteiger partial charge is 0.361 e. The van der Waals surface area contributed by atoms with Gasteiger partial charge in [-0.05, 0) is 42.3 Å². The van der Waals surface area contributed by atoms with Gasteiger partial charge < -0.3 is 9.84 Å². The Bertz CT molecular complexity index is 1110. The van der Waals surface area contributed by atoms with Crippen molar-refractivity contribution in [3.63, 3.8) is 0 Å². The highest BCUT2D eigenvalue weighted by atomic mass is 32.2. The molecule has 1 N–H and O–H groups in total. The third-order valence-electron chi connectivity index (χ3n) is 4.43.